The van der Waals surface area contributed by atoms with Crippen molar-refractivity contribution in [2.24, 2.45) is 10.7 Å². The number of para-hydroxylation sites is 1. The van der Waals surface area contributed by atoms with Crippen molar-refractivity contribution in [3.05, 3.63) is 95.6 Å². The van der Waals surface area contributed by atoms with Crippen molar-refractivity contribution in [3.63, 3.8) is 0 Å². The number of benzene rings is 3. The SMILES string of the molecule is NC(Cc1ccc(O)cc1)C(=O)NC1N=C(c2ccccc2)c2ccccc2NC1=O. The summed E-state index contributed by atoms with van der Waals surface area (Å²) in [5.41, 5.74) is 9.69. The lowest BCUT2D eigenvalue weighted by Gasteiger charge is -2.17. The van der Waals surface area contributed by atoms with E-state index in [0.29, 0.717) is 11.4 Å². The zero-order valence-corrected chi connectivity index (χ0v) is 16.7. The number of phenolic OH excluding ortho intramolecular Hbond substituents is 1. The molecule has 1 heterocycles. The smallest absolute Gasteiger partial charge is 0.269 e. The number of nitrogens with two attached hydrogens (primary N) is 1. The number of fused-ring (bicyclic) bond motifs is 1. The van der Waals surface area contributed by atoms with Crippen LogP contribution in [0.25, 0.3) is 0 Å². The van der Waals surface area contributed by atoms with Crippen LogP contribution >= 0.6 is 0 Å². The number of anilines is 1. The minimum Gasteiger partial charge on any atom is -0.508 e. The van der Waals surface area contributed by atoms with Gasteiger partial charge in [-0.15, -0.1) is 0 Å². The molecule has 0 spiro atoms. The molecule has 3 aromatic rings. The van der Waals surface area contributed by atoms with Gasteiger partial charge in [-0.3, -0.25) is 9.59 Å². The van der Waals surface area contributed by atoms with E-state index >= 15 is 0 Å². The van der Waals surface area contributed by atoms with Gasteiger partial charge < -0.3 is 21.5 Å². The Morgan fingerprint density at radius 2 is 1.71 bits per heavy atom. The molecule has 1 aliphatic heterocycles. The van der Waals surface area contributed by atoms with Crippen molar-refractivity contribution in [1.29, 1.82) is 0 Å². The van der Waals surface area contributed by atoms with Crippen molar-refractivity contribution in [2.75, 3.05) is 5.32 Å². The highest BCUT2D eigenvalue weighted by molar-refractivity contribution is 6.19. The number of aromatic hydroxyl groups is 1. The number of hydrogen-bond donors (Lipinski definition) is 4. The fourth-order valence-electron chi connectivity index (χ4n) is 3.40. The maximum Gasteiger partial charge on any atom is 0.269 e. The Labute approximate surface area is 179 Å². The van der Waals surface area contributed by atoms with Crippen LogP contribution in [0.2, 0.25) is 0 Å². The molecule has 156 valence electrons. The number of carbonyl (C=O) groups excluding carboxylic acids is 2. The molecule has 2 unspecified atom stereocenters. The Morgan fingerprint density at radius 3 is 2.45 bits per heavy atom. The van der Waals surface area contributed by atoms with Gasteiger partial charge in [-0.05, 0) is 30.2 Å². The molecule has 7 nitrogen and oxygen atoms in total. The lowest BCUT2D eigenvalue weighted by Crippen LogP contribution is -2.49. The Kier molecular flexibility index (Phi) is 5.77. The highest BCUT2D eigenvalue weighted by Crippen LogP contribution is 2.23. The Bertz CT molecular complexity index is 1130. The largest absolute Gasteiger partial charge is 0.508 e. The predicted octanol–water partition coefficient (Wildman–Crippen LogP) is 2.19. The van der Waals surface area contributed by atoms with Gasteiger partial charge >= 0.3 is 0 Å². The van der Waals surface area contributed by atoms with E-state index in [9.17, 15) is 14.7 Å². The quantitative estimate of drug-likeness (QED) is 0.512. The van der Waals surface area contributed by atoms with Crippen molar-refractivity contribution in [3.8, 4) is 5.75 Å². The normalized spacial score (nSPS) is 16.4. The van der Waals surface area contributed by atoms with Gasteiger partial charge in [0.15, 0.2) is 0 Å². The second-order valence-corrected chi connectivity index (χ2v) is 7.27. The van der Waals surface area contributed by atoms with Crippen molar-refractivity contribution in [2.45, 2.75) is 18.6 Å². The third-order valence-corrected chi connectivity index (χ3v) is 5.00. The summed E-state index contributed by atoms with van der Waals surface area (Å²) in [7, 11) is 0. The summed E-state index contributed by atoms with van der Waals surface area (Å²) in [5.74, 6) is -0.793. The third kappa shape index (κ3) is 4.62. The van der Waals surface area contributed by atoms with E-state index < -0.39 is 24.0 Å². The standard InChI is InChI=1S/C24H22N4O3/c25-19(14-15-10-12-17(29)13-11-15)23(30)28-22-24(31)26-20-9-5-4-8-18(20)21(27-22)16-6-2-1-3-7-16/h1-13,19,22,29H,14,25H2,(H,26,31)(H,28,30). The molecule has 2 atom stereocenters. The van der Waals surface area contributed by atoms with Gasteiger partial charge in [-0.1, -0.05) is 60.7 Å². The van der Waals surface area contributed by atoms with Crippen LogP contribution in [0.4, 0.5) is 5.69 Å². The van der Waals surface area contributed by atoms with E-state index in [2.05, 4.69) is 15.6 Å². The van der Waals surface area contributed by atoms with Crippen LogP contribution in [0, 0.1) is 0 Å². The summed E-state index contributed by atoms with van der Waals surface area (Å²) in [6, 6.07) is 22.4. The first-order valence-corrected chi connectivity index (χ1v) is 9.88. The minimum absolute atomic E-state index is 0.138. The maximum absolute atomic E-state index is 12.8. The van der Waals surface area contributed by atoms with Crippen LogP contribution in [0.15, 0.2) is 83.9 Å². The van der Waals surface area contributed by atoms with Gasteiger partial charge in [-0.25, -0.2) is 4.99 Å². The average molecular weight is 414 g/mol. The van der Waals surface area contributed by atoms with Crippen LogP contribution in [-0.4, -0.2) is 34.8 Å². The van der Waals surface area contributed by atoms with E-state index in [1.54, 1.807) is 18.2 Å². The van der Waals surface area contributed by atoms with Crippen molar-refractivity contribution in [1.82, 2.24) is 5.32 Å². The molecule has 0 aromatic heterocycles. The highest BCUT2D eigenvalue weighted by atomic mass is 16.3. The lowest BCUT2D eigenvalue weighted by molar-refractivity contribution is -0.127. The summed E-state index contributed by atoms with van der Waals surface area (Å²) in [6.07, 6.45) is -0.864. The number of rotatable bonds is 5. The highest BCUT2D eigenvalue weighted by Gasteiger charge is 2.28. The van der Waals surface area contributed by atoms with Crippen LogP contribution in [0.5, 0.6) is 5.75 Å². The monoisotopic (exact) mass is 414 g/mol. The van der Waals surface area contributed by atoms with Crippen molar-refractivity contribution >= 4 is 23.2 Å². The number of benzodiazepines with no additional fused rings is 1. The van der Waals surface area contributed by atoms with Crippen molar-refractivity contribution < 1.29 is 14.7 Å². The first-order chi connectivity index (χ1) is 15.0. The van der Waals surface area contributed by atoms with Gasteiger partial charge in [0.2, 0.25) is 12.1 Å². The van der Waals surface area contributed by atoms with Crippen LogP contribution in [0.3, 0.4) is 0 Å². The molecule has 1 aliphatic rings. The molecule has 0 saturated carbocycles. The number of aliphatic imine (C=N–C) groups is 1. The van der Waals surface area contributed by atoms with E-state index in [-0.39, 0.29) is 12.2 Å². The molecule has 0 bridgehead atoms. The minimum atomic E-state index is -1.12. The van der Waals surface area contributed by atoms with Crippen LogP contribution in [0.1, 0.15) is 16.7 Å². The number of nitrogens with zero attached hydrogens (tertiary/aromatic N) is 1. The summed E-state index contributed by atoms with van der Waals surface area (Å²) in [6.45, 7) is 0. The number of phenols is 1. The van der Waals surface area contributed by atoms with E-state index in [1.807, 2.05) is 48.5 Å². The van der Waals surface area contributed by atoms with E-state index in [4.69, 9.17) is 5.73 Å². The molecule has 3 aromatic carbocycles. The first-order valence-electron chi connectivity index (χ1n) is 9.88. The Hall–Kier alpha value is -3.97. The average Bonchev–Trinajstić information content (AvgIpc) is 2.92. The topological polar surface area (TPSA) is 117 Å². The molecule has 5 N–H and O–H groups in total. The van der Waals surface area contributed by atoms with Crippen LogP contribution < -0.4 is 16.4 Å². The summed E-state index contributed by atoms with van der Waals surface area (Å²) < 4.78 is 0. The lowest BCUT2D eigenvalue weighted by atomic mass is 10.0. The fraction of sp³-hybridized carbons (Fsp3) is 0.125. The molecule has 0 fully saturated rings. The second kappa shape index (κ2) is 8.81. The Balaban J connectivity index is 1.59. The van der Waals surface area contributed by atoms with E-state index in [0.717, 1.165) is 16.7 Å². The summed E-state index contributed by atoms with van der Waals surface area (Å²) in [5, 5.41) is 14.9. The molecule has 31 heavy (non-hydrogen) atoms. The molecular formula is C24H22N4O3. The molecule has 0 saturated heterocycles. The molecule has 0 aliphatic carbocycles. The van der Waals surface area contributed by atoms with Gasteiger partial charge in [0, 0.05) is 11.1 Å². The second-order valence-electron chi connectivity index (χ2n) is 7.27. The van der Waals surface area contributed by atoms with Gasteiger partial charge in [-0.2, -0.15) is 0 Å². The number of amides is 2. The molecule has 2 amide bonds. The van der Waals surface area contributed by atoms with E-state index in [1.165, 1.54) is 12.1 Å². The Morgan fingerprint density at radius 1 is 1.03 bits per heavy atom. The molecule has 0 radical (unpaired) electrons. The summed E-state index contributed by atoms with van der Waals surface area (Å²) >= 11 is 0. The molecular weight excluding hydrogens is 392 g/mol. The van der Waals surface area contributed by atoms with Gasteiger partial charge in [0.1, 0.15) is 5.75 Å². The fourth-order valence-corrected chi connectivity index (χ4v) is 3.40. The van der Waals surface area contributed by atoms with Gasteiger partial charge in [0.05, 0.1) is 17.4 Å². The molecule has 4 rings (SSSR count). The number of hydrogen-bond acceptors (Lipinski definition) is 5. The number of nitrogens with one attached hydrogen (secondary N) is 2. The van der Waals surface area contributed by atoms with Crippen LogP contribution in [-0.2, 0) is 16.0 Å². The zero-order valence-electron chi connectivity index (χ0n) is 16.7. The maximum atomic E-state index is 12.8. The third-order valence-electron chi connectivity index (χ3n) is 5.00. The molecule has 7 heteroatoms. The predicted molar refractivity (Wildman–Crippen MR) is 119 cm³/mol. The zero-order chi connectivity index (χ0) is 21.8. The first kappa shape index (κ1) is 20.3. The summed E-state index contributed by atoms with van der Waals surface area (Å²) in [4.78, 5) is 30.1. The van der Waals surface area contributed by atoms with Gasteiger partial charge in [0.25, 0.3) is 5.91 Å². The number of carbonyl (C=O) groups is 2.